The predicted octanol–water partition coefficient (Wildman–Crippen LogP) is 2.84. The number of aliphatic hydroxyl groups is 1. The highest BCUT2D eigenvalue weighted by molar-refractivity contribution is 5.43. The van der Waals surface area contributed by atoms with Gasteiger partial charge in [-0.2, -0.15) is 0 Å². The van der Waals surface area contributed by atoms with Crippen LogP contribution in [0.3, 0.4) is 0 Å². The monoisotopic (exact) mass is 334 g/mol. The van der Waals surface area contributed by atoms with Gasteiger partial charge in [0, 0.05) is 45.4 Å². The third-order valence-corrected chi connectivity index (χ3v) is 5.21. The zero-order chi connectivity index (χ0) is 17.7. The molecular weight excluding hydrogens is 300 g/mol. The molecule has 1 heterocycles. The molecule has 4 heteroatoms. The third kappa shape index (κ3) is 4.71. The average molecular weight is 335 g/mol. The summed E-state index contributed by atoms with van der Waals surface area (Å²) >= 11 is 0. The molecule has 136 valence electrons. The second-order valence-electron chi connectivity index (χ2n) is 7.47. The summed E-state index contributed by atoms with van der Waals surface area (Å²) < 4.78 is 5.42. The van der Waals surface area contributed by atoms with Crippen LogP contribution in [0.15, 0.2) is 12.1 Å². The Morgan fingerprint density at radius 1 is 1.21 bits per heavy atom. The van der Waals surface area contributed by atoms with E-state index in [2.05, 4.69) is 49.6 Å². The SMILES string of the molecule is COc1ccc(CN2CCN(CC(C)C)C(CCO)C2)c(C)c1C. The van der Waals surface area contributed by atoms with Gasteiger partial charge in [0.15, 0.2) is 0 Å². The van der Waals surface area contributed by atoms with Gasteiger partial charge in [0.2, 0.25) is 0 Å². The standard InChI is InChI=1S/C20H34N2O2/c1-15(2)12-22-10-9-21(14-19(22)8-11-23)13-18-6-7-20(24-5)17(4)16(18)3/h6-7,15,19,23H,8-14H2,1-5H3. The number of piperazine rings is 1. The van der Waals surface area contributed by atoms with Crippen LogP contribution in [-0.4, -0.2) is 60.8 Å². The van der Waals surface area contributed by atoms with E-state index >= 15 is 0 Å². The maximum atomic E-state index is 9.43. The van der Waals surface area contributed by atoms with Gasteiger partial charge in [0.1, 0.15) is 5.75 Å². The largest absolute Gasteiger partial charge is 0.496 e. The summed E-state index contributed by atoms with van der Waals surface area (Å²) in [7, 11) is 1.73. The first kappa shape index (κ1) is 19.2. The Hall–Kier alpha value is -1.10. The van der Waals surface area contributed by atoms with Crippen LogP contribution in [0.2, 0.25) is 0 Å². The lowest BCUT2D eigenvalue weighted by molar-refractivity contribution is 0.0476. The number of hydrogen-bond acceptors (Lipinski definition) is 4. The van der Waals surface area contributed by atoms with E-state index in [1.165, 1.54) is 16.7 Å². The minimum absolute atomic E-state index is 0.272. The second kappa shape index (κ2) is 8.84. The number of rotatable bonds is 7. The molecule has 1 aliphatic rings. The highest BCUT2D eigenvalue weighted by atomic mass is 16.5. The maximum Gasteiger partial charge on any atom is 0.122 e. The minimum atomic E-state index is 0.272. The van der Waals surface area contributed by atoms with E-state index in [9.17, 15) is 5.11 Å². The van der Waals surface area contributed by atoms with Gasteiger partial charge in [-0.05, 0) is 48.9 Å². The fraction of sp³-hybridized carbons (Fsp3) is 0.700. The molecule has 0 amide bonds. The summed E-state index contributed by atoms with van der Waals surface area (Å²) in [5, 5.41) is 9.43. The highest BCUT2D eigenvalue weighted by Gasteiger charge is 2.27. The van der Waals surface area contributed by atoms with Gasteiger partial charge in [-0.15, -0.1) is 0 Å². The maximum absolute atomic E-state index is 9.43. The Balaban J connectivity index is 2.05. The molecule has 0 bridgehead atoms. The molecule has 1 unspecified atom stereocenters. The van der Waals surface area contributed by atoms with E-state index in [1.807, 2.05) is 0 Å². The fourth-order valence-corrected chi connectivity index (χ4v) is 3.72. The van der Waals surface area contributed by atoms with Crippen molar-refractivity contribution in [1.29, 1.82) is 0 Å². The van der Waals surface area contributed by atoms with Crippen LogP contribution < -0.4 is 4.74 Å². The molecule has 0 aliphatic carbocycles. The number of aliphatic hydroxyl groups excluding tert-OH is 1. The molecule has 1 N–H and O–H groups in total. The van der Waals surface area contributed by atoms with Gasteiger partial charge >= 0.3 is 0 Å². The molecule has 1 fully saturated rings. The van der Waals surface area contributed by atoms with Crippen molar-refractivity contribution in [3.05, 3.63) is 28.8 Å². The molecule has 2 rings (SSSR count). The number of methoxy groups -OCH3 is 1. The summed E-state index contributed by atoms with van der Waals surface area (Å²) in [6.45, 7) is 14.5. The van der Waals surface area contributed by atoms with Crippen LogP contribution in [-0.2, 0) is 6.54 Å². The Morgan fingerprint density at radius 2 is 1.96 bits per heavy atom. The topological polar surface area (TPSA) is 35.9 Å². The molecule has 0 aromatic heterocycles. The Labute approximate surface area is 147 Å². The van der Waals surface area contributed by atoms with Crippen molar-refractivity contribution >= 4 is 0 Å². The molecular formula is C20H34N2O2. The van der Waals surface area contributed by atoms with E-state index in [1.54, 1.807) is 7.11 Å². The number of hydrogen-bond donors (Lipinski definition) is 1. The summed E-state index contributed by atoms with van der Waals surface area (Å²) in [5.74, 6) is 1.64. The van der Waals surface area contributed by atoms with E-state index in [4.69, 9.17) is 4.74 Å². The lowest BCUT2D eigenvalue weighted by Crippen LogP contribution is -2.53. The normalized spacial score (nSPS) is 19.9. The molecule has 1 aliphatic heterocycles. The van der Waals surface area contributed by atoms with E-state index in [-0.39, 0.29) is 6.61 Å². The summed E-state index contributed by atoms with van der Waals surface area (Å²) in [4.78, 5) is 5.09. The molecule has 1 saturated heterocycles. The van der Waals surface area contributed by atoms with Crippen molar-refractivity contribution < 1.29 is 9.84 Å². The van der Waals surface area contributed by atoms with Gasteiger partial charge in [0.05, 0.1) is 7.11 Å². The quantitative estimate of drug-likeness (QED) is 0.832. The van der Waals surface area contributed by atoms with Crippen molar-refractivity contribution in [2.45, 2.75) is 46.7 Å². The smallest absolute Gasteiger partial charge is 0.122 e. The van der Waals surface area contributed by atoms with Crippen LogP contribution in [0, 0.1) is 19.8 Å². The molecule has 0 spiro atoms. The van der Waals surface area contributed by atoms with Crippen molar-refractivity contribution in [2.24, 2.45) is 5.92 Å². The van der Waals surface area contributed by atoms with Gasteiger partial charge < -0.3 is 9.84 Å². The van der Waals surface area contributed by atoms with Crippen molar-refractivity contribution in [3.8, 4) is 5.75 Å². The number of ether oxygens (including phenoxy) is 1. The Bertz CT molecular complexity index is 531. The fourth-order valence-electron chi connectivity index (χ4n) is 3.72. The third-order valence-electron chi connectivity index (χ3n) is 5.21. The van der Waals surface area contributed by atoms with Gasteiger partial charge in [-0.3, -0.25) is 9.80 Å². The first-order chi connectivity index (χ1) is 11.5. The van der Waals surface area contributed by atoms with Crippen LogP contribution in [0.1, 0.15) is 37.0 Å². The van der Waals surface area contributed by atoms with E-state index in [0.29, 0.717) is 12.0 Å². The Kier molecular flexibility index (Phi) is 7.08. The molecule has 0 radical (unpaired) electrons. The van der Waals surface area contributed by atoms with Crippen molar-refractivity contribution in [1.82, 2.24) is 9.80 Å². The van der Waals surface area contributed by atoms with Crippen LogP contribution in [0.4, 0.5) is 0 Å². The Morgan fingerprint density at radius 3 is 2.58 bits per heavy atom. The molecule has 0 saturated carbocycles. The highest BCUT2D eigenvalue weighted by Crippen LogP contribution is 2.26. The average Bonchev–Trinajstić information content (AvgIpc) is 2.54. The van der Waals surface area contributed by atoms with Crippen LogP contribution in [0.5, 0.6) is 5.75 Å². The lowest BCUT2D eigenvalue weighted by atomic mass is 10.0. The zero-order valence-electron chi connectivity index (χ0n) is 16.0. The van der Waals surface area contributed by atoms with Crippen LogP contribution >= 0.6 is 0 Å². The molecule has 1 aromatic rings. The first-order valence-electron chi connectivity index (χ1n) is 9.16. The summed E-state index contributed by atoms with van der Waals surface area (Å²) in [6, 6.07) is 4.74. The second-order valence-corrected chi connectivity index (χ2v) is 7.47. The van der Waals surface area contributed by atoms with Gasteiger partial charge in [-0.1, -0.05) is 19.9 Å². The van der Waals surface area contributed by atoms with Crippen LogP contribution in [0.25, 0.3) is 0 Å². The number of nitrogens with zero attached hydrogens (tertiary/aromatic N) is 2. The van der Waals surface area contributed by atoms with E-state index in [0.717, 1.165) is 44.9 Å². The minimum Gasteiger partial charge on any atom is -0.496 e. The van der Waals surface area contributed by atoms with Crippen molar-refractivity contribution in [3.63, 3.8) is 0 Å². The van der Waals surface area contributed by atoms with Gasteiger partial charge in [-0.25, -0.2) is 0 Å². The molecule has 1 atom stereocenters. The summed E-state index contributed by atoms with van der Waals surface area (Å²) in [5.41, 5.74) is 3.95. The van der Waals surface area contributed by atoms with E-state index < -0.39 is 0 Å². The predicted molar refractivity (Wildman–Crippen MR) is 99.6 cm³/mol. The molecule has 24 heavy (non-hydrogen) atoms. The number of benzene rings is 1. The summed E-state index contributed by atoms with van der Waals surface area (Å²) in [6.07, 6.45) is 0.865. The zero-order valence-corrected chi connectivity index (χ0v) is 16.0. The first-order valence-corrected chi connectivity index (χ1v) is 9.16. The molecule has 4 nitrogen and oxygen atoms in total. The van der Waals surface area contributed by atoms with Gasteiger partial charge in [0.25, 0.3) is 0 Å². The molecule has 1 aromatic carbocycles. The van der Waals surface area contributed by atoms with Crippen molar-refractivity contribution in [2.75, 3.05) is 39.9 Å². The lowest BCUT2D eigenvalue weighted by Gasteiger charge is -2.42.